The number of likely N-dealkylation sites (tertiary alicyclic amines) is 1. The number of aliphatic hydroxyl groups excluding tert-OH is 1. The van der Waals surface area contributed by atoms with E-state index in [0.717, 1.165) is 10.7 Å². The van der Waals surface area contributed by atoms with Crippen molar-refractivity contribution in [1.29, 1.82) is 0 Å². The van der Waals surface area contributed by atoms with Crippen LogP contribution in [0.4, 0.5) is 16.3 Å². The highest BCUT2D eigenvalue weighted by molar-refractivity contribution is 7.99. The Morgan fingerprint density at radius 2 is 2.06 bits per heavy atom. The predicted octanol–water partition coefficient (Wildman–Crippen LogP) is 3.10. The number of pyridine rings is 1. The predicted molar refractivity (Wildman–Crippen MR) is 121 cm³/mol. The highest BCUT2D eigenvalue weighted by Gasteiger charge is 2.27. The van der Waals surface area contributed by atoms with Gasteiger partial charge in [-0.25, -0.2) is 14.8 Å². The van der Waals surface area contributed by atoms with Crippen LogP contribution in [-0.4, -0.2) is 75.8 Å². The van der Waals surface area contributed by atoms with Crippen LogP contribution in [0, 0.1) is 0 Å². The Labute approximate surface area is 191 Å². The summed E-state index contributed by atoms with van der Waals surface area (Å²) in [6.45, 7) is 4.89. The fraction of sp³-hybridized carbons (Fsp3) is 0.524. The molecular formula is C21H29N5O5S. The van der Waals surface area contributed by atoms with E-state index in [-0.39, 0.29) is 24.9 Å². The summed E-state index contributed by atoms with van der Waals surface area (Å²) < 4.78 is 16.9. The molecule has 3 heterocycles. The maximum absolute atomic E-state index is 12.1. The lowest BCUT2D eigenvalue weighted by molar-refractivity contribution is 0.0500. The summed E-state index contributed by atoms with van der Waals surface area (Å²) in [5.41, 5.74) is 0.735. The van der Waals surface area contributed by atoms with Gasteiger partial charge in [-0.1, -0.05) is 0 Å². The highest BCUT2D eigenvalue weighted by Crippen LogP contribution is 2.34. The number of amides is 1. The standard InChI is InChI=1S/C21H29N5O5S/c1-14(2)30-21(28)26-8-6-16(7-9-26)31-20-18(29-3)19(23-13-24-20)25-15-4-5-17(22-12-15)32-11-10-27/h4-5,12-14,16,27H,6-11H2,1-3H3,(H,23,24,25). The largest absolute Gasteiger partial charge is 0.489 e. The molecule has 0 aromatic carbocycles. The molecule has 0 atom stereocenters. The zero-order chi connectivity index (χ0) is 22.9. The van der Waals surface area contributed by atoms with Crippen molar-refractivity contribution in [1.82, 2.24) is 19.9 Å². The van der Waals surface area contributed by atoms with E-state index in [1.807, 2.05) is 26.0 Å². The third kappa shape index (κ3) is 6.60. The van der Waals surface area contributed by atoms with Gasteiger partial charge < -0.3 is 29.5 Å². The Bertz CT molecular complexity index is 875. The lowest BCUT2D eigenvalue weighted by Crippen LogP contribution is -2.42. The van der Waals surface area contributed by atoms with Crippen molar-refractivity contribution in [3.05, 3.63) is 24.7 Å². The fourth-order valence-corrected chi connectivity index (χ4v) is 3.72. The summed E-state index contributed by atoms with van der Waals surface area (Å²) >= 11 is 1.48. The first kappa shape index (κ1) is 23.9. The molecule has 0 spiro atoms. The van der Waals surface area contributed by atoms with Gasteiger partial charge in [-0.3, -0.25) is 0 Å². The van der Waals surface area contributed by atoms with E-state index < -0.39 is 0 Å². The van der Waals surface area contributed by atoms with Gasteiger partial charge in [-0.15, -0.1) is 11.8 Å². The first-order valence-electron chi connectivity index (χ1n) is 10.5. The number of hydrogen-bond acceptors (Lipinski definition) is 10. The molecule has 32 heavy (non-hydrogen) atoms. The summed E-state index contributed by atoms with van der Waals surface area (Å²) in [7, 11) is 1.54. The van der Waals surface area contributed by atoms with Crippen LogP contribution < -0.4 is 14.8 Å². The number of thioether (sulfide) groups is 1. The van der Waals surface area contributed by atoms with Crippen molar-refractivity contribution in [2.75, 3.05) is 37.9 Å². The van der Waals surface area contributed by atoms with Crippen molar-refractivity contribution in [3.63, 3.8) is 0 Å². The second kappa shape index (κ2) is 11.7. The monoisotopic (exact) mass is 463 g/mol. The van der Waals surface area contributed by atoms with Crippen molar-refractivity contribution in [2.45, 2.75) is 43.9 Å². The molecule has 1 saturated heterocycles. The van der Waals surface area contributed by atoms with E-state index in [4.69, 9.17) is 19.3 Å². The van der Waals surface area contributed by atoms with Crippen LogP contribution in [0.15, 0.2) is 29.7 Å². The summed E-state index contributed by atoms with van der Waals surface area (Å²) in [5.74, 6) is 1.80. The Morgan fingerprint density at radius 1 is 1.28 bits per heavy atom. The second-order valence-electron chi connectivity index (χ2n) is 7.38. The quantitative estimate of drug-likeness (QED) is 0.537. The smallest absolute Gasteiger partial charge is 0.410 e. The Kier molecular flexibility index (Phi) is 8.74. The molecule has 0 bridgehead atoms. The minimum atomic E-state index is -0.293. The SMILES string of the molecule is COc1c(Nc2ccc(SCCO)nc2)ncnc1OC1CCN(C(=O)OC(C)C)CC1. The first-order chi connectivity index (χ1) is 15.5. The topological polar surface area (TPSA) is 119 Å². The Hall–Kier alpha value is -2.79. The number of carbonyl (C=O) groups excluding carboxylic acids is 1. The van der Waals surface area contributed by atoms with Crippen LogP contribution in [-0.2, 0) is 4.74 Å². The minimum absolute atomic E-state index is 0.0979. The number of piperidine rings is 1. The number of aromatic nitrogens is 3. The molecule has 1 fully saturated rings. The van der Waals surface area contributed by atoms with Crippen LogP contribution >= 0.6 is 11.8 Å². The summed E-state index contributed by atoms with van der Waals surface area (Å²) in [6.07, 6.45) is 3.90. The number of hydrogen-bond donors (Lipinski definition) is 2. The van der Waals surface area contributed by atoms with Gasteiger partial charge in [-0.05, 0) is 26.0 Å². The number of aliphatic hydroxyl groups is 1. The highest BCUT2D eigenvalue weighted by atomic mass is 32.2. The zero-order valence-corrected chi connectivity index (χ0v) is 19.3. The summed E-state index contributed by atoms with van der Waals surface area (Å²) in [5, 5.41) is 12.9. The molecule has 2 aromatic heterocycles. The fourth-order valence-electron chi connectivity index (χ4n) is 3.13. The number of anilines is 2. The summed E-state index contributed by atoms with van der Waals surface area (Å²) in [6, 6.07) is 3.74. The maximum Gasteiger partial charge on any atom is 0.410 e. The number of nitrogens with one attached hydrogen (secondary N) is 1. The van der Waals surface area contributed by atoms with E-state index in [0.29, 0.717) is 49.1 Å². The molecular weight excluding hydrogens is 434 g/mol. The third-order valence-corrected chi connectivity index (χ3v) is 5.55. The molecule has 0 radical (unpaired) electrons. The van der Waals surface area contributed by atoms with E-state index in [9.17, 15) is 4.79 Å². The van der Waals surface area contributed by atoms with E-state index in [1.54, 1.807) is 11.1 Å². The van der Waals surface area contributed by atoms with Crippen molar-refractivity contribution in [2.24, 2.45) is 0 Å². The molecule has 1 amide bonds. The minimum Gasteiger partial charge on any atom is -0.489 e. The molecule has 10 nitrogen and oxygen atoms in total. The zero-order valence-electron chi connectivity index (χ0n) is 18.5. The lowest BCUT2D eigenvalue weighted by Gasteiger charge is -2.31. The van der Waals surface area contributed by atoms with Crippen LogP contribution in [0.3, 0.4) is 0 Å². The van der Waals surface area contributed by atoms with Crippen LogP contribution in [0.5, 0.6) is 11.6 Å². The van der Waals surface area contributed by atoms with Gasteiger partial charge >= 0.3 is 6.09 Å². The number of nitrogens with zero attached hydrogens (tertiary/aromatic N) is 4. The van der Waals surface area contributed by atoms with Crippen molar-refractivity contribution >= 4 is 29.4 Å². The molecule has 174 valence electrons. The number of rotatable bonds is 9. The number of methoxy groups -OCH3 is 1. The molecule has 0 unspecified atom stereocenters. The number of carbonyl (C=O) groups is 1. The van der Waals surface area contributed by atoms with Crippen molar-refractivity contribution in [3.8, 4) is 11.6 Å². The molecule has 1 aliphatic heterocycles. The van der Waals surface area contributed by atoms with Gasteiger partial charge in [0.15, 0.2) is 5.82 Å². The van der Waals surface area contributed by atoms with Crippen LogP contribution in [0.1, 0.15) is 26.7 Å². The Morgan fingerprint density at radius 3 is 2.69 bits per heavy atom. The normalized spacial score (nSPS) is 14.3. The average Bonchev–Trinajstić information content (AvgIpc) is 2.79. The molecule has 3 rings (SSSR count). The third-order valence-electron chi connectivity index (χ3n) is 4.63. The molecule has 0 aliphatic carbocycles. The molecule has 0 saturated carbocycles. The van der Waals surface area contributed by atoms with Gasteiger partial charge in [0.2, 0.25) is 5.75 Å². The van der Waals surface area contributed by atoms with Crippen LogP contribution in [0.25, 0.3) is 0 Å². The van der Waals surface area contributed by atoms with Gasteiger partial charge in [-0.2, -0.15) is 4.98 Å². The van der Waals surface area contributed by atoms with Gasteiger partial charge in [0.1, 0.15) is 12.4 Å². The number of ether oxygens (including phenoxy) is 3. The molecule has 1 aliphatic rings. The Balaban J connectivity index is 1.61. The first-order valence-corrected chi connectivity index (χ1v) is 11.5. The second-order valence-corrected chi connectivity index (χ2v) is 8.49. The molecule has 2 aromatic rings. The molecule has 11 heteroatoms. The van der Waals surface area contributed by atoms with E-state index in [2.05, 4.69) is 20.3 Å². The van der Waals surface area contributed by atoms with Gasteiger partial charge in [0, 0.05) is 31.7 Å². The van der Waals surface area contributed by atoms with E-state index in [1.165, 1.54) is 25.2 Å². The summed E-state index contributed by atoms with van der Waals surface area (Å²) in [4.78, 5) is 26.6. The van der Waals surface area contributed by atoms with Gasteiger partial charge in [0.05, 0.1) is 36.7 Å². The maximum atomic E-state index is 12.1. The lowest BCUT2D eigenvalue weighted by atomic mass is 10.1. The van der Waals surface area contributed by atoms with E-state index >= 15 is 0 Å². The van der Waals surface area contributed by atoms with Crippen molar-refractivity contribution < 1.29 is 24.1 Å². The molecule has 2 N–H and O–H groups in total. The van der Waals surface area contributed by atoms with Crippen LogP contribution in [0.2, 0.25) is 0 Å². The van der Waals surface area contributed by atoms with Gasteiger partial charge in [0.25, 0.3) is 5.88 Å². The average molecular weight is 464 g/mol.